The molecule has 0 radical (unpaired) electrons. The second-order valence-electron chi connectivity index (χ2n) is 4.09. The van der Waals surface area contributed by atoms with E-state index in [-0.39, 0.29) is 21.5 Å². The number of nitrogens with one attached hydrogen (secondary N) is 1. The van der Waals surface area contributed by atoms with E-state index < -0.39 is 27.6 Å². The molecule has 0 saturated carbocycles. The third-order valence-electron chi connectivity index (χ3n) is 2.58. The summed E-state index contributed by atoms with van der Waals surface area (Å²) >= 11 is 3.06. The maximum absolute atomic E-state index is 13.2. The van der Waals surface area contributed by atoms with Gasteiger partial charge in [-0.2, -0.15) is 0 Å². The third-order valence-corrected chi connectivity index (χ3v) is 4.63. The van der Waals surface area contributed by atoms with E-state index in [0.29, 0.717) is 0 Å². The van der Waals surface area contributed by atoms with Crippen LogP contribution in [0.25, 0.3) is 0 Å². The van der Waals surface area contributed by atoms with Gasteiger partial charge in [0, 0.05) is 9.88 Å². The fourth-order valence-corrected chi connectivity index (χ4v) is 3.38. The summed E-state index contributed by atoms with van der Waals surface area (Å²) in [4.78, 5) is 11.9. The monoisotopic (exact) mass is 348 g/mol. The van der Waals surface area contributed by atoms with Gasteiger partial charge in [-0.15, -0.1) is 0 Å². The number of halogens is 2. The molecule has 1 unspecified atom stereocenters. The fraction of sp³-hybridized carbons (Fsp3) is 0.182. The van der Waals surface area contributed by atoms with Crippen LogP contribution in [0.4, 0.5) is 10.1 Å². The highest BCUT2D eigenvalue weighted by molar-refractivity contribution is 9.10. The second-order valence-corrected chi connectivity index (χ2v) is 6.88. The molecule has 102 valence electrons. The predicted octanol–water partition coefficient (Wildman–Crippen LogP) is 1.21. The van der Waals surface area contributed by atoms with Crippen LogP contribution >= 0.6 is 15.9 Å². The molecule has 0 aromatic heterocycles. The standard InChI is InChI=1S/C11H10BrFN2O3S/c12-8-4-9(13)10(14)3-7(8)11(16)15-6-1-2-19(17,18)5-6/h1-4,6H,5,14H2,(H,15,16). The summed E-state index contributed by atoms with van der Waals surface area (Å²) in [5.74, 6) is -1.33. The van der Waals surface area contributed by atoms with Crippen LogP contribution in [0.5, 0.6) is 0 Å². The highest BCUT2D eigenvalue weighted by Gasteiger charge is 2.24. The lowest BCUT2D eigenvalue weighted by molar-refractivity contribution is 0.0947. The number of carbonyl (C=O) groups excluding carboxylic acids is 1. The minimum Gasteiger partial charge on any atom is -0.396 e. The lowest BCUT2D eigenvalue weighted by atomic mass is 10.1. The van der Waals surface area contributed by atoms with E-state index in [4.69, 9.17) is 5.73 Å². The van der Waals surface area contributed by atoms with Crippen molar-refractivity contribution in [2.75, 3.05) is 11.5 Å². The molecule has 0 spiro atoms. The van der Waals surface area contributed by atoms with E-state index in [9.17, 15) is 17.6 Å². The van der Waals surface area contributed by atoms with Crippen molar-refractivity contribution >= 4 is 37.4 Å². The van der Waals surface area contributed by atoms with E-state index >= 15 is 0 Å². The molecule has 1 heterocycles. The van der Waals surface area contributed by atoms with Gasteiger partial charge < -0.3 is 11.1 Å². The molecule has 1 aliphatic heterocycles. The first-order valence-corrected chi connectivity index (χ1v) is 7.76. The van der Waals surface area contributed by atoms with Crippen LogP contribution < -0.4 is 11.1 Å². The first-order chi connectivity index (χ1) is 8.78. The van der Waals surface area contributed by atoms with Crippen molar-refractivity contribution in [3.63, 3.8) is 0 Å². The summed E-state index contributed by atoms with van der Waals surface area (Å²) in [6, 6.07) is 1.70. The topological polar surface area (TPSA) is 89.3 Å². The summed E-state index contributed by atoms with van der Waals surface area (Å²) in [5, 5.41) is 3.59. The molecule has 0 fully saturated rings. The number of nitrogens with two attached hydrogens (primary N) is 1. The first-order valence-electron chi connectivity index (χ1n) is 5.25. The maximum atomic E-state index is 13.2. The highest BCUT2D eigenvalue weighted by Crippen LogP contribution is 2.23. The van der Waals surface area contributed by atoms with Gasteiger partial charge in [0.1, 0.15) is 5.82 Å². The molecule has 1 aromatic carbocycles. The quantitative estimate of drug-likeness (QED) is 0.786. The number of carbonyl (C=O) groups is 1. The predicted molar refractivity (Wildman–Crippen MR) is 72.7 cm³/mol. The number of anilines is 1. The van der Waals surface area contributed by atoms with Crippen molar-refractivity contribution in [1.82, 2.24) is 5.32 Å². The van der Waals surface area contributed by atoms with Crippen LogP contribution in [0.1, 0.15) is 10.4 Å². The van der Waals surface area contributed by atoms with E-state index in [1.165, 1.54) is 12.1 Å². The van der Waals surface area contributed by atoms with Crippen molar-refractivity contribution < 1.29 is 17.6 Å². The smallest absolute Gasteiger partial charge is 0.252 e. The second kappa shape index (κ2) is 4.93. The number of nitrogen functional groups attached to an aromatic ring is 1. The number of hydrogen-bond donors (Lipinski definition) is 2. The van der Waals surface area contributed by atoms with Gasteiger partial charge in [0.15, 0.2) is 9.84 Å². The number of sulfone groups is 1. The van der Waals surface area contributed by atoms with Crippen LogP contribution in [0.15, 0.2) is 28.1 Å². The molecular formula is C11H10BrFN2O3S. The molecule has 1 amide bonds. The molecule has 8 heteroatoms. The van der Waals surface area contributed by atoms with Gasteiger partial charge in [-0.25, -0.2) is 12.8 Å². The molecule has 3 N–H and O–H groups in total. The van der Waals surface area contributed by atoms with Crippen LogP contribution in [-0.4, -0.2) is 26.1 Å². The third kappa shape index (κ3) is 3.13. The Balaban J connectivity index is 2.18. The largest absolute Gasteiger partial charge is 0.396 e. The minimum atomic E-state index is -3.24. The number of rotatable bonds is 2. The fourth-order valence-electron chi connectivity index (χ4n) is 1.65. The van der Waals surface area contributed by atoms with Gasteiger partial charge in [0.05, 0.1) is 23.0 Å². The molecule has 19 heavy (non-hydrogen) atoms. The number of hydrogen-bond acceptors (Lipinski definition) is 4. The van der Waals surface area contributed by atoms with E-state index in [1.54, 1.807) is 0 Å². The van der Waals surface area contributed by atoms with Crippen molar-refractivity contribution in [2.45, 2.75) is 6.04 Å². The molecule has 1 atom stereocenters. The van der Waals surface area contributed by atoms with Crippen molar-refractivity contribution in [3.05, 3.63) is 39.5 Å². The summed E-state index contributed by atoms with van der Waals surface area (Å²) < 4.78 is 35.8. The molecule has 1 aromatic rings. The molecule has 5 nitrogen and oxygen atoms in total. The zero-order valence-corrected chi connectivity index (χ0v) is 12.0. The van der Waals surface area contributed by atoms with Crippen molar-refractivity contribution in [1.29, 1.82) is 0 Å². The Labute approximate surface area is 117 Å². The van der Waals surface area contributed by atoms with Crippen LogP contribution in [0.3, 0.4) is 0 Å². The van der Waals surface area contributed by atoms with Gasteiger partial charge in [0.2, 0.25) is 0 Å². The van der Waals surface area contributed by atoms with Gasteiger partial charge in [-0.1, -0.05) is 0 Å². The van der Waals surface area contributed by atoms with Crippen molar-refractivity contribution in [3.8, 4) is 0 Å². The van der Waals surface area contributed by atoms with Crippen LogP contribution in [0, 0.1) is 5.82 Å². The van der Waals surface area contributed by atoms with Gasteiger partial charge in [-0.05, 0) is 34.1 Å². The average molecular weight is 349 g/mol. The zero-order chi connectivity index (χ0) is 14.2. The Morgan fingerprint density at radius 2 is 2.16 bits per heavy atom. The van der Waals surface area contributed by atoms with Gasteiger partial charge >= 0.3 is 0 Å². The Hall–Kier alpha value is -1.41. The summed E-state index contributed by atoms with van der Waals surface area (Å²) in [7, 11) is -3.24. The van der Waals surface area contributed by atoms with Crippen LogP contribution in [-0.2, 0) is 9.84 Å². The summed E-state index contributed by atoms with van der Waals surface area (Å²) in [5.41, 5.74) is 5.39. The van der Waals surface area contributed by atoms with Gasteiger partial charge in [0.25, 0.3) is 5.91 Å². The Morgan fingerprint density at radius 1 is 1.47 bits per heavy atom. The summed E-state index contributed by atoms with van der Waals surface area (Å²) in [6.07, 6.45) is 1.40. The van der Waals surface area contributed by atoms with E-state index in [0.717, 1.165) is 11.5 Å². The molecule has 1 aliphatic rings. The van der Waals surface area contributed by atoms with Gasteiger partial charge in [-0.3, -0.25) is 4.79 Å². The highest BCUT2D eigenvalue weighted by atomic mass is 79.9. The Kier molecular flexibility index (Phi) is 3.64. The molecule has 0 aliphatic carbocycles. The minimum absolute atomic E-state index is 0.150. The normalized spacial score (nSPS) is 20.4. The SMILES string of the molecule is Nc1cc(C(=O)NC2C=CS(=O)(=O)C2)c(Br)cc1F. The van der Waals surface area contributed by atoms with E-state index in [2.05, 4.69) is 21.2 Å². The molecule has 0 saturated heterocycles. The molecule has 2 rings (SSSR count). The first kappa shape index (κ1) is 14.0. The maximum Gasteiger partial charge on any atom is 0.252 e. The number of benzene rings is 1. The zero-order valence-electron chi connectivity index (χ0n) is 9.56. The van der Waals surface area contributed by atoms with Crippen molar-refractivity contribution in [2.24, 2.45) is 0 Å². The average Bonchev–Trinajstić information content (AvgIpc) is 2.63. The van der Waals surface area contributed by atoms with Crippen LogP contribution in [0.2, 0.25) is 0 Å². The molecule has 0 bridgehead atoms. The van der Waals surface area contributed by atoms with E-state index in [1.807, 2.05) is 0 Å². The summed E-state index contributed by atoms with van der Waals surface area (Å²) in [6.45, 7) is 0. The number of amides is 1. The lowest BCUT2D eigenvalue weighted by Crippen LogP contribution is -2.35. The Morgan fingerprint density at radius 3 is 2.74 bits per heavy atom. The Bertz CT molecular complexity index is 673. The lowest BCUT2D eigenvalue weighted by Gasteiger charge is -2.11. The molecular weight excluding hydrogens is 339 g/mol.